The van der Waals surface area contributed by atoms with Gasteiger partial charge in [0.15, 0.2) is 6.29 Å². The molecule has 10 nitrogen and oxygen atoms in total. The fourth-order valence-corrected chi connectivity index (χ4v) is 5.65. The number of aliphatic hydroxyl groups excluding tert-OH is 1. The predicted molar refractivity (Wildman–Crippen MR) is 160 cm³/mol. The zero-order valence-electron chi connectivity index (χ0n) is 24.0. The summed E-state index contributed by atoms with van der Waals surface area (Å²) in [5.74, 6) is -0.838. The van der Waals surface area contributed by atoms with Crippen molar-refractivity contribution in [1.82, 2.24) is 10.6 Å². The molecule has 1 saturated heterocycles. The van der Waals surface area contributed by atoms with E-state index in [1.165, 1.54) is 0 Å². The molecule has 0 radical (unpaired) electrons. The Kier molecular flexibility index (Phi) is 11.6. The molecule has 228 valence electrons. The molecule has 0 bridgehead atoms. The van der Waals surface area contributed by atoms with Crippen molar-refractivity contribution in [1.29, 1.82) is 0 Å². The number of ether oxygens (including phenoxy) is 3. The van der Waals surface area contributed by atoms with Crippen molar-refractivity contribution in [2.75, 3.05) is 18.9 Å². The van der Waals surface area contributed by atoms with E-state index in [0.29, 0.717) is 5.75 Å². The lowest BCUT2D eigenvalue weighted by Gasteiger charge is -2.41. The van der Waals surface area contributed by atoms with Gasteiger partial charge in [0, 0.05) is 28.7 Å². The van der Waals surface area contributed by atoms with Crippen molar-refractivity contribution in [2.24, 2.45) is 5.92 Å². The average molecular weight is 609 g/mol. The Bertz CT molecular complexity index is 1370. The number of hydrogen-bond donors (Lipinski definition) is 4. The van der Waals surface area contributed by atoms with E-state index in [1.807, 2.05) is 48.5 Å². The molecule has 1 heterocycles. The van der Waals surface area contributed by atoms with Gasteiger partial charge in [-0.1, -0.05) is 55.5 Å². The molecular formula is C32H36N2O8S. The van der Waals surface area contributed by atoms with E-state index in [2.05, 4.69) is 17.6 Å². The summed E-state index contributed by atoms with van der Waals surface area (Å²) in [7, 11) is 0. The number of carbonyl (C=O) groups is 3. The van der Waals surface area contributed by atoms with E-state index in [1.54, 1.807) is 43.0 Å². The van der Waals surface area contributed by atoms with E-state index in [0.717, 1.165) is 27.1 Å². The highest BCUT2D eigenvalue weighted by Gasteiger charge is 2.38. The Morgan fingerprint density at radius 1 is 0.884 bits per heavy atom. The second-order valence-corrected chi connectivity index (χ2v) is 11.1. The third kappa shape index (κ3) is 9.04. The van der Waals surface area contributed by atoms with Gasteiger partial charge in [-0.05, 0) is 47.9 Å². The third-order valence-corrected chi connectivity index (χ3v) is 8.14. The molecule has 43 heavy (non-hydrogen) atoms. The van der Waals surface area contributed by atoms with Crippen LogP contribution in [0.1, 0.15) is 58.9 Å². The Morgan fingerprint density at radius 2 is 1.53 bits per heavy atom. The second kappa shape index (κ2) is 15.5. The molecule has 0 spiro atoms. The molecule has 2 amide bonds. The zero-order chi connectivity index (χ0) is 30.8. The molecule has 4 N–H and O–H groups in total. The van der Waals surface area contributed by atoms with Gasteiger partial charge in [-0.3, -0.25) is 4.79 Å². The monoisotopic (exact) mass is 608 g/mol. The molecule has 0 unspecified atom stereocenters. The van der Waals surface area contributed by atoms with Crippen LogP contribution in [0.4, 0.5) is 4.79 Å². The predicted octanol–water partition coefficient (Wildman–Crippen LogP) is 4.82. The zero-order valence-corrected chi connectivity index (χ0v) is 24.8. The maximum absolute atomic E-state index is 12.0. The number of aliphatic hydroxyl groups is 1. The van der Waals surface area contributed by atoms with Crippen molar-refractivity contribution in [3.63, 3.8) is 0 Å². The first-order chi connectivity index (χ1) is 20.8. The number of carboxylic acid groups (broad SMARTS) is 1. The average Bonchev–Trinajstić information content (AvgIpc) is 3.03. The van der Waals surface area contributed by atoms with Crippen molar-refractivity contribution in [2.45, 2.75) is 50.4 Å². The first kappa shape index (κ1) is 32.0. The van der Waals surface area contributed by atoms with E-state index < -0.39 is 24.3 Å². The molecular weight excluding hydrogens is 572 g/mol. The van der Waals surface area contributed by atoms with Crippen molar-refractivity contribution < 1.29 is 38.8 Å². The third-order valence-electron chi connectivity index (χ3n) is 7.04. The number of thioether (sulfide) groups is 1. The number of nitrogens with one attached hydrogen (secondary N) is 2. The topological polar surface area (TPSA) is 143 Å². The fraction of sp³-hybridized carbons (Fsp3) is 0.344. The largest absolute Gasteiger partial charge is 0.478 e. The molecule has 1 fully saturated rings. The van der Waals surface area contributed by atoms with Gasteiger partial charge in [-0.15, -0.1) is 11.8 Å². The normalized spacial score (nSPS) is 19.8. The molecule has 0 aliphatic carbocycles. The number of esters is 1. The molecule has 11 heteroatoms. The highest BCUT2D eigenvalue weighted by atomic mass is 32.2. The minimum Gasteiger partial charge on any atom is -0.478 e. The standard InChI is InChI=1S/C32H36N2O8S/c1-3-40-28(36)17-34-32(39)33-16-21-4-10-25(11-5-21)31-41-27(19-43-26-14-12-24(13-15-26)30(37)38)20(2)29(42-31)23-8-6-22(18-35)7-9-23/h4-15,20,27,29,31,35H,3,16-19H2,1-2H3,(H,37,38)(H2,33,34,39)/t20-,27+,29+,31+/m1/s1. The van der Waals surface area contributed by atoms with Gasteiger partial charge < -0.3 is 35.1 Å². The summed E-state index contributed by atoms with van der Waals surface area (Å²) < 4.78 is 17.8. The van der Waals surface area contributed by atoms with Gasteiger partial charge in [0.25, 0.3) is 0 Å². The Balaban J connectivity index is 1.44. The van der Waals surface area contributed by atoms with Crippen LogP contribution < -0.4 is 10.6 Å². The Hall–Kier alpha value is -3.90. The molecule has 3 aromatic rings. The lowest BCUT2D eigenvalue weighted by molar-refractivity contribution is -0.268. The lowest BCUT2D eigenvalue weighted by Crippen LogP contribution is -2.39. The minimum absolute atomic E-state index is 0.00128. The molecule has 1 aliphatic rings. The molecule has 0 saturated carbocycles. The molecule has 4 atom stereocenters. The van der Waals surface area contributed by atoms with Crippen molar-refractivity contribution >= 4 is 29.7 Å². The number of benzene rings is 3. The molecule has 1 aliphatic heterocycles. The van der Waals surface area contributed by atoms with Crippen molar-refractivity contribution in [3.05, 3.63) is 101 Å². The van der Waals surface area contributed by atoms with Crippen LogP contribution in [0.25, 0.3) is 0 Å². The SMILES string of the molecule is CCOC(=O)CNC(=O)NCc1ccc([C@H]2O[C@@H](CSc3ccc(C(=O)O)cc3)[C@@H](C)[C@@H](c3ccc(CO)cc3)O2)cc1. The molecule has 0 aromatic heterocycles. The van der Waals surface area contributed by atoms with Crippen LogP contribution in [0, 0.1) is 5.92 Å². The summed E-state index contributed by atoms with van der Waals surface area (Å²) in [4.78, 5) is 35.6. The van der Waals surface area contributed by atoms with Crippen LogP contribution in [0.3, 0.4) is 0 Å². The van der Waals surface area contributed by atoms with Gasteiger partial charge in [0.2, 0.25) is 0 Å². The number of urea groups is 1. The van der Waals surface area contributed by atoms with Crippen LogP contribution in [0.5, 0.6) is 0 Å². The Morgan fingerprint density at radius 3 is 2.16 bits per heavy atom. The van der Waals surface area contributed by atoms with Crippen LogP contribution in [0.2, 0.25) is 0 Å². The maximum Gasteiger partial charge on any atom is 0.335 e. The van der Waals surface area contributed by atoms with Crippen LogP contribution in [0.15, 0.2) is 77.7 Å². The second-order valence-electron chi connectivity index (χ2n) is 10.0. The van der Waals surface area contributed by atoms with E-state index in [-0.39, 0.29) is 50.0 Å². The number of carbonyl (C=O) groups excluding carboxylic acids is 2. The quantitative estimate of drug-likeness (QED) is 0.168. The van der Waals surface area contributed by atoms with Gasteiger partial charge in [-0.2, -0.15) is 0 Å². The van der Waals surface area contributed by atoms with Gasteiger partial charge in [0.05, 0.1) is 31.0 Å². The first-order valence-corrected chi connectivity index (χ1v) is 15.0. The summed E-state index contributed by atoms with van der Waals surface area (Å²) in [5, 5.41) is 23.8. The number of amides is 2. The number of rotatable bonds is 12. The minimum atomic E-state index is -0.963. The summed E-state index contributed by atoms with van der Waals surface area (Å²) in [6, 6.07) is 21.5. The van der Waals surface area contributed by atoms with Crippen molar-refractivity contribution in [3.8, 4) is 0 Å². The van der Waals surface area contributed by atoms with Crippen LogP contribution in [-0.2, 0) is 32.2 Å². The fourth-order valence-electron chi connectivity index (χ4n) is 4.58. The summed E-state index contributed by atoms with van der Waals surface area (Å²) in [6.07, 6.45) is -1.10. The number of aromatic carboxylic acids is 1. The summed E-state index contributed by atoms with van der Waals surface area (Å²) >= 11 is 1.59. The van der Waals surface area contributed by atoms with Gasteiger partial charge in [0.1, 0.15) is 6.54 Å². The first-order valence-electron chi connectivity index (χ1n) is 14.0. The summed E-state index contributed by atoms with van der Waals surface area (Å²) in [5.41, 5.74) is 3.71. The van der Waals surface area contributed by atoms with E-state index in [4.69, 9.17) is 14.2 Å². The highest BCUT2D eigenvalue weighted by molar-refractivity contribution is 7.99. The maximum atomic E-state index is 12.0. The molecule has 4 rings (SSSR count). The van der Waals surface area contributed by atoms with E-state index >= 15 is 0 Å². The number of hydrogen-bond acceptors (Lipinski definition) is 8. The summed E-state index contributed by atoms with van der Waals surface area (Å²) in [6.45, 7) is 4.05. The lowest BCUT2D eigenvalue weighted by atomic mass is 9.91. The van der Waals surface area contributed by atoms with Gasteiger partial charge in [-0.25, -0.2) is 9.59 Å². The highest BCUT2D eigenvalue weighted by Crippen LogP contribution is 2.43. The van der Waals surface area contributed by atoms with E-state index in [9.17, 15) is 24.6 Å². The van der Waals surface area contributed by atoms with Gasteiger partial charge >= 0.3 is 18.0 Å². The molecule has 3 aromatic carbocycles. The number of carboxylic acids is 1. The van der Waals surface area contributed by atoms with Crippen LogP contribution >= 0.6 is 11.8 Å². The Labute approximate surface area is 254 Å². The van der Waals surface area contributed by atoms with Crippen LogP contribution in [-0.4, -0.2) is 53.2 Å². The smallest absolute Gasteiger partial charge is 0.335 e.